The highest BCUT2D eigenvalue weighted by atomic mass is 16.5. The van der Waals surface area contributed by atoms with E-state index in [2.05, 4.69) is 45.0 Å². The van der Waals surface area contributed by atoms with Crippen LogP contribution in [0.1, 0.15) is 37.5 Å². The summed E-state index contributed by atoms with van der Waals surface area (Å²) in [6.07, 6.45) is 2.71. The van der Waals surface area contributed by atoms with Gasteiger partial charge in [-0.3, -0.25) is 0 Å². The van der Waals surface area contributed by atoms with Crippen LogP contribution in [0.15, 0.2) is 78.9 Å². The molecule has 0 aliphatic carbocycles. The Kier molecular flexibility index (Phi) is 6.18. The van der Waals surface area contributed by atoms with Crippen molar-refractivity contribution in [3.8, 4) is 16.9 Å². The minimum Gasteiger partial charge on any atom is -0.488 e. The van der Waals surface area contributed by atoms with Gasteiger partial charge in [0, 0.05) is 11.6 Å². The summed E-state index contributed by atoms with van der Waals surface area (Å²) >= 11 is 0. The lowest BCUT2D eigenvalue weighted by atomic mass is 9.87. The van der Waals surface area contributed by atoms with Crippen molar-refractivity contribution in [2.75, 3.05) is 0 Å². The molecule has 0 fully saturated rings. The van der Waals surface area contributed by atoms with E-state index in [0.717, 1.165) is 28.3 Å². The van der Waals surface area contributed by atoms with E-state index in [-0.39, 0.29) is 5.41 Å². The highest BCUT2D eigenvalue weighted by molar-refractivity contribution is 5.86. The van der Waals surface area contributed by atoms with Crippen molar-refractivity contribution in [2.24, 2.45) is 0 Å². The number of benzene rings is 3. The zero-order valence-electron chi connectivity index (χ0n) is 17.1. The number of hydrogen-bond donors (Lipinski definition) is 1. The van der Waals surface area contributed by atoms with Crippen LogP contribution in [-0.2, 0) is 16.8 Å². The van der Waals surface area contributed by atoms with Gasteiger partial charge in [-0.2, -0.15) is 0 Å². The van der Waals surface area contributed by atoms with Gasteiger partial charge in [0.05, 0.1) is 0 Å². The Labute approximate surface area is 172 Å². The molecule has 148 valence electrons. The maximum absolute atomic E-state index is 11.0. The third-order valence-electron chi connectivity index (χ3n) is 4.74. The Morgan fingerprint density at radius 3 is 2.24 bits per heavy atom. The first-order valence-corrected chi connectivity index (χ1v) is 9.65. The van der Waals surface area contributed by atoms with E-state index in [0.29, 0.717) is 12.4 Å². The second-order valence-corrected chi connectivity index (χ2v) is 8.03. The summed E-state index contributed by atoms with van der Waals surface area (Å²) in [6.45, 7) is 6.98. The van der Waals surface area contributed by atoms with Crippen LogP contribution in [0.5, 0.6) is 5.75 Å². The molecule has 0 atom stereocenters. The Bertz CT molecular complexity index is 994. The fraction of sp³-hybridized carbons (Fsp3) is 0.192. The molecule has 0 radical (unpaired) electrons. The van der Waals surface area contributed by atoms with Crippen LogP contribution in [0, 0.1) is 0 Å². The molecule has 0 saturated carbocycles. The maximum Gasteiger partial charge on any atom is 0.328 e. The van der Waals surface area contributed by atoms with Gasteiger partial charge in [0.25, 0.3) is 0 Å². The summed E-state index contributed by atoms with van der Waals surface area (Å²) < 4.78 is 6.03. The number of rotatable bonds is 6. The standard InChI is InChI=1S/C26H26O3/c1-26(2,3)23-13-9-19(10-14-23)18-29-24-15-11-21(20-7-5-4-6-8-20)17-22(24)12-16-25(27)28/h4-17H,18H2,1-3H3,(H,27,28). The minimum atomic E-state index is -0.987. The van der Waals surface area contributed by atoms with Crippen LogP contribution < -0.4 is 4.74 Å². The van der Waals surface area contributed by atoms with Gasteiger partial charge in [-0.1, -0.05) is 81.4 Å². The average Bonchev–Trinajstić information content (AvgIpc) is 2.71. The van der Waals surface area contributed by atoms with Crippen molar-refractivity contribution < 1.29 is 14.6 Å². The van der Waals surface area contributed by atoms with E-state index in [1.807, 2.05) is 48.5 Å². The summed E-state index contributed by atoms with van der Waals surface area (Å²) in [7, 11) is 0. The second kappa shape index (κ2) is 8.78. The topological polar surface area (TPSA) is 46.5 Å². The van der Waals surface area contributed by atoms with Gasteiger partial charge >= 0.3 is 5.97 Å². The first-order valence-electron chi connectivity index (χ1n) is 9.65. The van der Waals surface area contributed by atoms with Crippen molar-refractivity contribution in [1.29, 1.82) is 0 Å². The molecule has 3 aromatic carbocycles. The monoisotopic (exact) mass is 386 g/mol. The van der Waals surface area contributed by atoms with Crippen molar-refractivity contribution in [1.82, 2.24) is 0 Å². The molecule has 0 bridgehead atoms. The van der Waals surface area contributed by atoms with Gasteiger partial charge in [-0.15, -0.1) is 0 Å². The van der Waals surface area contributed by atoms with E-state index in [4.69, 9.17) is 9.84 Å². The molecule has 0 aliphatic heterocycles. The highest BCUT2D eigenvalue weighted by Gasteiger charge is 2.13. The van der Waals surface area contributed by atoms with E-state index in [1.165, 1.54) is 5.56 Å². The van der Waals surface area contributed by atoms with Crippen LogP contribution in [0.4, 0.5) is 0 Å². The molecule has 0 aliphatic rings. The van der Waals surface area contributed by atoms with Crippen molar-refractivity contribution in [2.45, 2.75) is 32.8 Å². The molecule has 0 heterocycles. The van der Waals surface area contributed by atoms with E-state index >= 15 is 0 Å². The van der Waals surface area contributed by atoms with E-state index < -0.39 is 5.97 Å². The van der Waals surface area contributed by atoms with E-state index in [1.54, 1.807) is 6.08 Å². The lowest BCUT2D eigenvalue weighted by Gasteiger charge is -2.19. The SMILES string of the molecule is CC(C)(C)c1ccc(COc2ccc(-c3ccccc3)cc2C=CC(=O)O)cc1. The highest BCUT2D eigenvalue weighted by Crippen LogP contribution is 2.29. The van der Waals surface area contributed by atoms with Gasteiger partial charge in [-0.25, -0.2) is 4.79 Å². The predicted molar refractivity (Wildman–Crippen MR) is 118 cm³/mol. The maximum atomic E-state index is 11.0. The van der Waals surface area contributed by atoms with Crippen LogP contribution >= 0.6 is 0 Å². The normalized spacial score (nSPS) is 11.6. The first-order chi connectivity index (χ1) is 13.8. The van der Waals surface area contributed by atoms with Crippen LogP contribution in [0.3, 0.4) is 0 Å². The number of hydrogen-bond acceptors (Lipinski definition) is 2. The lowest BCUT2D eigenvalue weighted by Crippen LogP contribution is -2.10. The fourth-order valence-corrected chi connectivity index (χ4v) is 3.04. The molecule has 0 unspecified atom stereocenters. The second-order valence-electron chi connectivity index (χ2n) is 8.03. The molecular formula is C26H26O3. The summed E-state index contributed by atoms with van der Waals surface area (Å²) in [5, 5.41) is 9.02. The number of carboxylic acids is 1. The summed E-state index contributed by atoms with van der Waals surface area (Å²) in [5.41, 5.74) is 5.28. The quantitative estimate of drug-likeness (QED) is 0.504. The molecule has 29 heavy (non-hydrogen) atoms. The van der Waals surface area contributed by atoms with Crippen molar-refractivity contribution in [3.05, 3.63) is 95.6 Å². The van der Waals surface area contributed by atoms with Crippen molar-refractivity contribution in [3.63, 3.8) is 0 Å². The molecule has 0 spiro atoms. The number of carbonyl (C=O) groups is 1. The number of carboxylic acid groups (broad SMARTS) is 1. The van der Waals surface area contributed by atoms with Crippen LogP contribution in [-0.4, -0.2) is 11.1 Å². The summed E-state index contributed by atoms with van der Waals surface area (Å²) in [4.78, 5) is 11.0. The zero-order chi connectivity index (χ0) is 20.9. The Morgan fingerprint density at radius 1 is 0.931 bits per heavy atom. The minimum absolute atomic E-state index is 0.113. The molecule has 1 N–H and O–H groups in total. The lowest BCUT2D eigenvalue weighted by molar-refractivity contribution is -0.131. The van der Waals surface area contributed by atoms with Gasteiger partial charge in [-0.05, 0) is 45.9 Å². The molecule has 3 nitrogen and oxygen atoms in total. The molecule has 0 saturated heterocycles. The molecule has 3 aromatic rings. The first kappa shape index (κ1) is 20.4. The molecule has 3 heteroatoms. The zero-order valence-corrected chi connectivity index (χ0v) is 17.1. The average molecular weight is 386 g/mol. The number of aliphatic carboxylic acids is 1. The van der Waals surface area contributed by atoms with Gasteiger partial charge in [0.1, 0.15) is 12.4 Å². The van der Waals surface area contributed by atoms with Crippen LogP contribution in [0.2, 0.25) is 0 Å². The third kappa shape index (κ3) is 5.58. The largest absolute Gasteiger partial charge is 0.488 e. The summed E-state index contributed by atoms with van der Waals surface area (Å²) in [6, 6.07) is 24.2. The Balaban J connectivity index is 1.83. The van der Waals surface area contributed by atoms with Crippen molar-refractivity contribution >= 4 is 12.0 Å². The van der Waals surface area contributed by atoms with Gasteiger partial charge < -0.3 is 9.84 Å². The van der Waals surface area contributed by atoms with Gasteiger partial charge in [0.15, 0.2) is 0 Å². The number of ether oxygens (including phenoxy) is 1. The molecular weight excluding hydrogens is 360 g/mol. The predicted octanol–water partition coefficient (Wildman–Crippen LogP) is 6.33. The smallest absolute Gasteiger partial charge is 0.328 e. The summed E-state index contributed by atoms with van der Waals surface area (Å²) in [5.74, 6) is -0.332. The third-order valence-corrected chi connectivity index (χ3v) is 4.74. The van der Waals surface area contributed by atoms with Gasteiger partial charge in [0.2, 0.25) is 0 Å². The van der Waals surface area contributed by atoms with E-state index in [9.17, 15) is 4.79 Å². The molecule has 0 aromatic heterocycles. The van der Waals surface area contributed by atoms with Crippen LogP contribution in [0.25, 0.3) is 17.2 Å². The molecule has 3 rings (SSSR count). The Hall–Kier alpha value is -3.33. The molecule has 0 amide bonds. The fourth-order valence-electron chi connectivity index (χ4n) is 3.04. The Morgan fingerprint density at radius 2 is 1.62 bits per heavy atom.